The molecule has 0 radical (unpaired) electrons. The minimum absolute atomic E-state index is 0.0156. The molecule has 6 nitrogen and oxygen atoms in total. The van der Waals surface area contributed by atoms with Gasteiger partial charge in [0.1, 0.15) is 5.92 Å². The van der Waals surface area contributed by atoms with Gasteiger partial charge in [0, 0.05) is 29.3 Å². The van der Waals surface area contributed by atoms with Crippen LogP contribution in [0, 0.1) is 11.3 Å². The zero-order valence-electron chi connectivity index (χ0n) is 18.4. The third-order valence-corrected chi connectivity index (χ3v) is 5.65. The molecule has 0 saturated carbocycles. The quantitative estimate of drug-likeness (QED) is 0.691. The van der Waals surface area contributed by atoms with Gasteiger partial charge >= 0.3 is 5.97 Å². The number of aromatic hydroxyl groups is 1. The Balaban J connectivity index is 2.15. The van der Waals surface area contributed by atoms with Crippen LogP contribution in [0.2, 0.25) is 0 Å². The van der Waals surface area contributed by atoms with Gasteiger partial charge in [-0.25, -0.2) is 0 Å². The number of phenolic OH excluding ortho intramolecular Hbond substituents is 1. The van der Waals surface area contributed by atoms with Gasteiger partial charge in [-0.15, -0.1) is 0 Å². The second-order valence-electron chi connectivity index (χ2n) is 8.84. The highest BCUT2D eigenvalue weighted by Crippen LogP contribution is 2.48. The number of Topliss-reactive ketones (excluding diaryl/α,β-unsaturated/α-hetero) is 1. The van der Waals surface area contributed by atoms with E-state index >= 15 is 0 Å². The van der Waals surface area contributed by atoms with Gasteiger partial charge < -0.3 is 14.6 Å². The predicted molar refractivity (Wildman–Crippen MR) is 115 cm³/mol. The zero-order valence-corrected chi connectivity index (χ0v) is 18.4. The fourth-order valence-corrected chi connectivity index (χ4v) is 4.40. The lowest BCUT2D eigenvalue weighted by Crippen LogP contribution is -2.39. The Morgan fingerprint density at radius 2 is 2.00 bits per heavy atom. The van der Waals surface area contributed by atoms with Crippen molar-refractivity contribution in [3.05, 3.63) is 35.0 Å². The molecule has 162 valence electrons. The summed E-state index contributed by atoms with van der Waals surface area (Å²) in [4.78, 5) is 31.0. The van der Waals surface area contributed by atoms with Crippen molar-refractivity contribution in [1.29, 1.82) is 0 Å². The first kappa shape index (κ1) is 22.1. The number of aliphatic imine (C=N–C) groups is 1. The lowest BCUT2D eigenvalue weighted by Gasteiger charge is -2.39. The zero-order chi connectivity index (χ0) is 22.1. The van der Waals surface area contributed by atoms with Gasteiger partial charge in [0.15, 0.2) is 17.3 Å². The third-order valence-electron chi connectivity index (χ3n) is 5.65. The summed E-state index contributed by atoms with van der Waals surface area (Å²) < 4.78 is 11.0. The molecular weight excluding hydrogens is 382 g/mol. The molecule has 0 aromatic heterocycles. The van der Waals surface area contributed by atoms with Crippen molar-refractivity contribution in [2.45, 2.75) is 59.8 Å². The normalized spacial score (nSPS) is 23.0. The fourth-order valence-electron chi connectivity index (χ4n) is 4.40. The Morgan fingerprint density at radius 3 is 2.67 bits per heavy atom. The maximum Gasteiger partial charge on any atom is 0.315 e. The Morgan fingerprint density at radius 1 is 1.27 bits per heavy atom. The van der Waals surface area contributed by atoms with Gasteiger partial charge in [-0.05, 0) is 49.8 Å². The molecule has 6 heteroatoms. The number of hydrogen-bond donors (Lipinski definition) is 1. The van der Waals surface area contributed by atoms with Crippen LogP contribution in [-0.4, -0.2) is 35.8 Å². The molecule has 1 aliphatic carbocycles. The molecule has 0 fully saturated rings. The standard InChI is InChI=1S/C24H31NO5/c1-6-10-30-23(28)20-14(3)25-16-12-24(4,5)13-18(27)22(16)21(20)15-8-9-17(26)19(11-15)29-7-2/h8-9,11,20-21,26H,6-7,10,12-13H2,1-5H3/t20?,21-/m1/s1. The van der Waals surface area contributed by atoms with E-state index in [9.17, 15) is 14.7 Å². The van der Waals surface area contributed by atoms with Gasteiger partial charge in [-0.3, -0.25) is 14.6 Å². The average molecular weight is 414 g/mol. The van der Waals surface area contributed by atoms with E-state index in [0.29, 0.717) is 49.5 Å². The summed E-state index contributed by atoms with van der Waals surface area (Å²) in [6.45, 7) is 10.4. The SMILES string of the molecule is CCCOC(=O)C1C(C)=NC2=C(C(=O)CC(C)(C)C2)[C@@H]1c1ccc(O)c(OCC)c1. The van der Waals surface area contributed by atoms with Gasteiger partial charge in [0.05, 0.1) is 13.2 Å². The molecule has 2 atom stereocenters. The smallest absolute Gasteiger partial charge is 0.315 e. The first-order valence-corrected chi connectivity index (χ1v) is 10.6. The predicted octanol–water partition coefficient (Wildman–Crippen LogP) is 4.56. The monoisotopic (exact) mass is 413 g/mol. The van der Waals surface area contributed by atoms with Crippen molar-refractivity contribution in [3.63, 3.8) is 0 Å². The van der Waals surface area contributed by atoms with Crippen LogP contribution in [0.4, 0.5) is 0 Å². The molecule has 0 saturated heterocycles. The van der Waals surface area contributed by atoms with Gasteiger partial charge in [0.25, 0.3) is 0 Å². The van der Waals surface area contributed by atoms with Crippen molar-refractivity contribution < 1.29 is 24.2 Å². The Hall–Kier alpha value is -2.63. The summed E-state index contributed by atoms with van der Waals surface area (Å²) in [7, 11) is 0. The topological polar surface area (TPSA) is 85.2 Å². The largest absolute Gasteiger partial charge is 0.504 e. The lowest BCUT2D eigenvalue weighted by molar-refractivity contribution is -0.146. The number of ether oxygens (including phenoxy) is 2. The van der Waals surface area contributed by atoms with Crippen LogP contribution in [0.25, 0.3) is 0 Å². The summed E-state index contributed by atoms with van der Waals surface area (Å²) in [5.74, 6) is -1.19. The third kappa shape index (κ3) is 4.27. The highest BCUT2D eigenvalue weighted by atomic mass is 16.5. The molecule has 1 aromatic rings. The van der Waals surface area contributed by atoms with Crippen molar-refractivity contribution in [3.8, 4) is 11.5 Å². The summed E-state index contributed by atoms with van der Waals surface area (Å²) >= 11 is 0. The summed E-state index contributed by atoms with van der Waals surface area (Å²) in [6.07, 6.45) is 1.80. The van der Waals surface area contributed by atoms with E-state index in [-0.39, 0.29) is 22.9 Å². The molecule has 3 rings (SSSR count). The van der Waals surface area contributed by atoms with E-state index in [4.69, 9.17) is 14.5 Å². The van der Waals surface area contributed by atoms with Crippen LogP contribution in [0.1, 0.15) is 65.4 Å². The molecule has 1 aliphatic heterocycles. The van der Waals surface area contributed by atoms with Gasteiger partial charge in [0.2, 0.25) is 0 Å². The van der Waals surface area contributed by atoms with Crippen LogP contribution in [0.15, 0.2) is 34.5 Å². The first-order valence-electron chi connectivity index (χ1n) is 10.6. The molecule has 30 heavy (non-hydrogen) atoms. The number of hydrogen-bond acceptors (Lipinski definition) is 6. The van der Waals surface area contributed by atoms with Crippen LogP contribution < -0.4 is 4.74 Å². The summed E-state index contributed by atoms with van der Waals surface area (Å²) in [5, 5.41) is 10.1. The van der Waals surface area contributed by atoms with Crippen molar-refractivity contribution >= 4 is 17.5 Å². The van der Waals surface area contributed by atoms with Gasteiger partial charge in [-0.2, -0.15) is 0 Å². The molecule has 1 heterocycles. The Kier molecular flexibility index (Phi) is 6.34. The van der Waals surface area contributed by atoms with E-state index < -0.39 is 11.8 Å². The van der Waals surface area contributed by atoms with E-state index in [2.05, 4.69) is 13.8 Å². The fraction of sp³-hybridized carbons (Fsp3) is 0.542. The second kappa shape index (κ2) is 8.62. The number of phenols is 1. The average Bonchev–Trinajstić information content (AvgIpc) is 2.66. The number of esters is 1. The van der Waals surface area contributed by atoms with Crippen molar-refractivity contribution in [1.82, 2.24) is 0 Å². The number of allylic oxidation sites excluding steroid dienone is 2. The number of ketones is 1. The molecular formula is C24H31NO5. The lowest BCUT2D eigenvalue weighted by atomic mass is 9.67. The molecule has 1 unspecified atom stereocenters. The summed E-state index contributed by atoms with van der Waals surface area (Å²) in [6, 6.07) is 5.02. The van der Waals surface area contributed by atoms with Crippen LogP contribution in [-0.2, 0) is 14.3 Å². The van der Waals surface area contributed by atoms with E-state index in [1.807, 2.05) is 20.8 Å². The van der Waals surface area contributed by atoms with E-state index in [1.165, 1.54) is 0 Å². The number of carbonyl (C=O) groups is 2. The maximum atomic E-state index is 13.2. The Labute approximate surface area is 178 Å². The van der Waals surface area contributed by atoms with E-state index in [1.54, 1.807) is 18.2 Å². The molecule has 2 aliphatic rings. The highest BCUT2D eigenvalue weighted by molar-refractivity contribution is 6.09. The molecule has 1 aromatic carbocycles. The van der Waals surface area contributed by atoms with Crippen LogP contribution in [0.3, 0.4) is 0 Å². The molecule has 0 spiro atoms. The second-order valence-corrected chi connectivity index (χ2v) is 8.84. The number of carbonyl (C=O) groups excluding carboxylic acids is 2. The first-order chi connectivity index (χ1) is 14.2. The number of rotatable bonds is 6. The Bertz CT molecular complexity index is 912. The highest BCUT2D eigenvalue weighted by Gasteiger charge is 2.46. The maximum absolute atomic E-state index is 13.2. The molecule has 0 bridgehead atoms. The van der Waals surface area contributed by atoms with Crippen LogP contribution >= 0.6 is 0 Å². The van der Waals surface area contributed by atoms with Crippen molar-refractivity contribution in [2.24, 2.45) is 16.3 Å². The number of nitrogens with zero attached hydrogens (tertiary/aromatic N) is 1. The van der Waals surface area contributed by atoms with Crippen molar-refractivity contribution in [2.75, 3.05) is 13.2 Å². The minimum Gasteiger partial charge on any atom is -0.504 e. The minimum atomic E-state index is -0.681. The molecule has 0 amide bonds. The summed E-state index contributed by atoms with van der Waals surface area (Å²) in [5.41, 5.74) is 2.56. The van der Waals surface area contributed by atoms with E-state index in [0.717, 1.165) is 11.3 Å². The molecule has 1 N–H and O–H groups in total. The van der Waals surface area contributed by atoms with Crippen LogP contribution in [0.5, 0.6) is 11.5 Å². The van der Waals surface area contributed by atoms with Gasteiger partial charge in [-0.1, -0.05) is 26.8 Å². The number of benzene rings is 1.